The topological polar surface area (TPSA) is 95.1 Å². The summed E-state index contributed by atoms with van der Waals surface area (Å²) in [6, 6.07) is 0. The standard InChI is InChI=1S/C12H19N3O3/c1-4-5-9(12(17)18)6-13-11(16)10-7(2)14-15-8(10)3/h9H,4-6H2,1-3H3,(H,13,16)(H,14,15)(H,17,18). The highest BCUT2D eigenvalue weighted by molar-refractivity contribution is 5.96. The maximum Gasteiger partial charge on any atom is 0.308 e. The van der Waals surface area contributed by atoms with E-state index in [2.05, 4.69) is 15.5 Å². The molecule has 0 aliphatic carbocycles. The van der Waals surface area contributed by atoms with Gasteiger partial charge in [0.25, 0.3) is 5.91 Å². The van der Waals surface area contributed by atoms with Crippen LogP contribution < -0.4 is 5.32 Å². The lowest BCUT2D eigenvalue weighted by Gasteiger charge is -2.12. The molecule has 1 unspecified atom stereocenters. The van der Waals surface area contributed by atoms with E-state index in [-0.39, 0.29) is 12.5 Å². The van der Waals surface area contributed by atoms with Crippen molar-refractivity contribution in [1.29, 1.82) is 0 Å². The number of carboxylic acids is 1. The van der Waals surface area contributed by atoms with Gasteiger partial charge in [-0.3, -0.25) is 14.7 Å². The first-order valence-corrected chi connectivity index (χ1v) is 5.99. The molecule has 0 aromatic carbocycles. The molecule has 0 aliphatic rings. The van der Waals surface area contributed by atoms with E-state index in [4.69, 9.17) is 5.11 Å². The number of nitrogens with one attached hydrogen (secondary N) is 2. The minimum absolute atomic E-state index is 0.145. The van der Waals surface area contributed by atoms with Crippen LogP contribution in [0, 0.1) is 19.8 Å². The fraction of sp³-hybridized carbons (Fsp3) is 0.583. The summed E-state index contributed by atoms with van der Waals surface area (Å²) in [4.78, 5) is 22.9. The van der Waals surface area contributed by atoms with Gasteiger partial charge in [0.15, 0.2) is 0 Å². The number of hydrogen-bond donors (Lipinski definition) is 3. The Labute approximate surface area is 106 Å². The van der Waals surface area contributed by atoms with Crippen molar-refractivity contribution >= 4 is 11.9 Å². The maximum absolute atomic E-state index is 11.9. The van der Waals surface area contributed by atoms with Gasteiger partial charge in [-0.2, -0.15) is 5.10 Å². The number of amides is 1. The van der Waals surface area contributed by atoms with Gasteiger partial charge < -0.3 is 10.4 Å². The third-order valence-corrected chi connectivity index (χ3v) is 2.85. The number of rotatable bonds is 6. The average Bonchev–Trinajstić information content (AvgIpc) is 2.63. The normalized spacial score (nSPS) is 12.2. The van der Waals surface area contributed by atoms with E-state index in [9.17, 15) is 9.59 Å². The number of aromatic nitrogens is 2. The lowest BCUT2D eigenvalue weighted by atomic mass is 10.0. The Morgan fingerprint density at radius 3 is 2.56 bits per heavy atom. The number of carboxylic acid groups (broad SMARTS) is 1. The zero-order chi connectivity index (χ0) is 13.7. The van der Waals surface area contributed by atoms with E-state index >= 15 is 0 Å². The predicted molar refractivity (Wildman–Crippen MR) is 66.4 cm³/mol. The highest BCUT2D eigenvalue weighted by Gasteiger charge is 2.20. The predicted octanol–water partition coefficient (Wildman–Crippen LogP) is 1.26. The number of hydrogen-bond acceptors (Lipinski definition) is 3. The molecule has 1 amide bonds. The third-order valence-electron chi connectivity index (χ3n) is 2.85. The number of nitrogens with zero attached hydrogens (tertiary/aromatic N) is 1. The van der Waals surface area contributed by atoms with E-state index in [1.165, 1.54) is 0 Å². The molecule has 0 radical (unpaired) electrons. The maximum atomic E-state index is 11.9. The number of aliphatic carboxylic acids is 1. The number of carbonyl (C=O) groups is 2. The van der Waals surface area contributed by atoms with Gasteiger partial charge in [0, 0.05) is 12.2 Å². The summed E-state index contributed by atoms with van der Waals surface area (Å²) in [5.41, 5.74) is 1.80. The van der Waals surface area contributed by atoms with Crippen LogP contribution in [-0.2, 0) is 4.79 Å². The molecule has 1 rings (SSSR count). The van der Waals surface area contributed by atoms with Gasteiger partial charge in [-0.05, 0) is 20.3 Å². The van der Waals surface area contributed by atoms with Crippen LogP contribution in [0.15, 0.2) is 0 Å². The van der Waals surface area contributed by atoms with E-state index in [0.29, 0.717) is 23.4 Å². The van der Waals surface area contributed by atoms with Crippen LogP contribution >= 0.6 is 0 Å². The highest BCUT2D eigenvalue weighted by Crippen LogP contribution is 2.10. The Kier molecular flexibility index (Phi) is 4.88. The molecule has 1 atom stereocenters. The lowest BCUT2D eigenvalue weighted by Crippen LogP contribution is -2.33. The molecule has 1 heterocycles. The molecular weight excluding hydrogens is 234 g/mol. The van der Waals surface area contributed by atoms with Gasteiger partial charge >= 0.3 is 5.97 Å². The Balaban J connectivity index is 2.63. The van der Waals surface area contributed by atoms with Crippen LogP contribution in [0.1, 0.15) is 41.5 Å². The van der Waals surface area contributed by atoms with Gasteiger partial charge in [-0.1, -0.05) is 13.3 Å². The van der Waals surface area contributed by atoms with Gasteiger partial charge in [0.1, 0.15) is 0 Å². The first kappa shape index (κ1) is 14.2. The van der Waals surface area contributed by atoms with E-state index in [1.807, 2.05) is 6.92 Å². The monoisotopic (exact) mass is 253 g/mol. The molecule has 0 bridgehead atoms. The smallest absolute Gasteiger partial charge is 0.308 e. The van der Waals surface area contributed by atoms with Crippen LogP contribution in [0.2, 0.25) is 0 Å². The van der Waals surface area contributed by atoms with Crippen LogP contribution in [0.3, 0.4) is 0 Å². The van der Waals surface area contributed by atoms with E-state index in [1.54, 1.807) is 13.8 Å². The molecule has 100 valence electrons. The number of aromatic amines is 1. The molecule has 0 fully saturated rings. The van der Waals surface area contributed by atoms with E-state index < -0.39 is 11.9 Å². The number of aryl methyl sites for hydroxylation is 2. The van der Waals surface area contributed by atoms with Crippen molar-refractivity contribution in [2.75, 3.05) is 6.54 Å². The Hall–Kier alpha value is -1.85. The summed E-state index contributed by atoms with van der Waals surface area (Å²) in [5.74, 6) is -1.69. The van der Waals surface area contributed by atoms with Gasteiger partial charge in [0.05, 0.1) is 17.2 Å². The van der Waals surface area contributed by atoms with Gasteiger partial charge in [-0.25, -0.2) is 0 Å². The second kappa shape index (κ2) is 6.18. The lowest BCUT2D eigenvalue weighted by molar-refractivity contribution is -0.141. The van der Waals surface area contributed by atoms with Crippen molar-refractivity contribution in [3.05, 3.63) is 17.0 Å². The summed E-state index contributed by atoms with van der Waals surface area (Å²) in [5, 5.41) is 18.3. The average molecular weight is 253 g/mol. The third kappa shape index (κ3) is 3.32. The SMILES string of the molecule is CCCC(CNC(=O)c1c(C)n[nH]c1C)C(=O)O. The van der Waals surface area contributed by atoms with Crippen LogP contribution in [0.25, 0.3) is 0 Å². The van der Waals surface area contributed by atoms with Crippen molar-refractivity contribution in [3.63, 3.8) is 0 Å². The highest BCUT2D eigenvalue weighted by atomic mass is 16.4. The molecule has 0 aliphatic heterocycles. The molecule has 0 spiro atoms. The van der Waals surface area contributed by atoms with Crippen molar-refractivity contribution in [1.82, 2.24) is 15.5 Å². The zero-order valence-corrected chi connectivity index (χ0v) is 10.9. The molecule has 0 saturated carbocycles. The first-order chi connectivity index (χ1) is 8.47. The summed E-state index contributed by atoms with van der Waals surface area (Å²) < 4.78 is 0. The van der Waals surface area contributed by atoms with Gasteiger partial charge in [-0.15, -0.1) is 0 Å². The summed E-state index contributed by atoms with van der Waals surface area (Å²) in [6.07, 6.45) is 1.33. The van der Waals surface area contributed by atoms with Crippen LogP contribution in [0.5, 0.6) is 0 Å². The molecule has 1 aromatic rings. The fourth-order valence-corrected chi connectivity index (χ4v) is 1.85. The van der Waals surface area contributed by atoms with Gasteiger partial charge in [0.2, 0.25) is 0 Å². The minimum Gasteiger partial charge on any atom is -0.481 e. The molecule has 6 heteroatoms. The Morgan fingerprint density at radius 1 is 1.44 bits per heavy atom. The summed E-state index contributed by atoms with van der Waals surface area (Å²) in [6.45, 7) is 5.56. The quantitative estimate of drug-likeness (QED) is 0.711. The second-order valence-corrected chi connectivity index (χ2v) is 4.34. The van der Waals surface area contributed by atoms with E-state index in [0.717, 1.165) is 6.42 Å². The molecule has 3 N–H and O–H groups in total. The Bertz CT molecular complexity index is 420. The second-order valence-electron chi connectivity index (χ2n) is 4.34. The molecule has 0 saturated heterocycles. The largest absolute Gasteiger partial charge is 0.481 e. The first-order valence-electron chi connectivity index (χ1n) is 5.99. The number of H-pyrrole nitrogens is 1. The van der Waals surface area contributed by atoms with Crippen LogP contribution in [0.4, 0.5) is 0 Å². The fourth-order valence-electron chi connectivity index (χ4n) is 1.85. The Morgan fingerprint density at radius 2 is 2.11 bits per heavy atom. The molecule has 18 heavy (non-hydrogen) atoms. The minimum atomic E-state index is -0.877. The van der Waals surface area contributed by atoms with Crippen molar-refractivity contribution < 1.29 is 14.7 Å². The zero-order valence-electron chi connectivity index (χ0n) is 10.9. The van der Waals surface area contributed by atoms with Crippen molar-refractivity contribution in [3.8, 4) is 0 Å². The summed E-state index contributed by atoms with van der Waals surface area (Å²) in [7, 11) is 0. The van der Waals surface area contributed by atoms with Crippen molar-refractivity contribution in [2.45, 2.75) is 33.6 Å². The van der Waals surface area contributed by atoms with Crippen molar-refractivity contribution in [2.24, 2.45) is 5.92 Å². The number of carbonyl (C=O) groups excluding carboxylic acids is 1. The van der Waals surface area contributed by atoms with Crippen LogP contribution in [-0.4, -0.2) is 33.7 Å². The summed E-state index contributed by atoms with van der Waals surface area (Å²) >= 11 is 0. The molecule has 1 aromatic heterocycles. The molecule has 6 nitrogen and oxygen atoms in total. The molecular formula is C12H19N3O3.